The first-order valence-corrected chi connectivity index (χ1v) is 12.0. The summed E-state index contributed by atoms with van der Waals surface area (Å²) >= 11 is 0. The van der Waals surface area contributed by atoms with E-state index in [0.717, 1.165) is 64.7 Å². The van der Waals surface area contributed by atoms with Gasteiger partial charge in [0.05, 0.1) is 6.54 Å². The zero-order valence-corrected chi connectivity index (χ0v) is 22.4. The maximum absolute atomic E-state index is 4.86. The maximum atomic E-state index is 4.86. The molecule has 0 aromatic heterocycles. The van der Waals surface area contributed by atoms with Crippen LogP contribution in [0, 0.1) is 0 Å². The molecule has 4 rings (SSSR count). The lowest BCUT2D eigenvalue weighted by Crippen LogP contribution is -2.44. The van der Waals surface area contributed by atoms with Crippen molar-refractivity contribution in [3.05, 3.63) is 65.7 Å². The summed E-state index contributed by atoms with van der Waals surface area (Å²) in [5.74, 6) is 0.911. The molecule has 2 heterocycles. The van der Waals surface area contributed by atoms with Crippen LogP contribution >= 0.6 is 24.0 Å². The lowest BCUT2D eigenvalue weighted by atomic mass is 10.1. The zero-order valence-electron chi connectivity index (χ0n) is 20.0. The van der Waals surface area contributed by atoms with Crippen molar-refractivity contribution in [2.45, 2.75) is 32.5 Å². The second kappa shape index (κ2) is 13.2. The molecule has 0 aliphatic carbocycles. The molecule has 2 aromatic carbocycles. The Bertz CT molecular complexity index is 849. The highest BCUT2D eigenvalue weighted by Gasteiger charge is 2.23. The van der Waals surface area contributed by atoms with E-state index in [1.54, 1.807) is 0 Å². The smallest absolute Gasteiger partial charge is 0.191 e. The number of anilines is 1. The van der Waals surface area contributed by atoms with Gasteiger partial charge in [0.1, 0.15) is 0 Å². The Kier molecular flexibility index (Phi) is 10.3. The van der Waals surface area contributed by atoms with E-state index in [2.05, 4.69) is 93.9 Å². The van der Waals surface area contributed by atoms with Gasteiger partial charge in [-0.1, -0.05) is 42.5 Å². The van der Waals surface area contributed by atoms with Gasteiger partial charge in [-0.3, -0.25) is 4.90 Å². The summed E-state index contributed by atoms with van der Waals surface area (Å²) < 4.78 is 0. The van der Waals surface area contributed by atoms with Crippen molar-refractivity contribution in [1.82, 2.24) is 20.4 Å². The summed E-state index contributed by atoms with van der Waals surface area (Å²) in [7, 11) is 2.20. The third-order valence-electron chi connectivity index (χ3n) is 6.44. The number of piperazine rings is 1. The van der Waals surface area contributed by atoms with Crippen LogP contribution in [0.15, 0.2) is 59.6 Å². The first kappa shape index (κ1) is 25.8. The van der Waals surface area contributed by atoms with Gasteiger partial charge in [-0.15, -0.1) is 24.0 Å². The van der Waals surface area contributed by atoms with Crippen LogP contribution in [0.4, 0.5) is 5.69 Å². The highest BCUT2D eigenvalue weighted by molar-refractivity contribution is 14.0. The molecule has 0 saturated carbocycles. The van der Waals surface area contributed by atoms with E-state index in [9.17, 15) is 0 Å². The molecule has 2 saturated heterocycles. The van der Waals surface area contributed by atoms with Crippen molar-refractivity contribution in [3.63, 3.8) is 0 Å². The molecule has 1 atom stereocenters. The largest absolute Gasteiger partial charge is 0.369 e. The molecule has 2 aliphatic heterocycles. The van der Waals surface area contributed by atoms with Gasteiger partial charge in [-0.05, 0) is 43.7 Å². The van der Waals surface area contributed by atoms with Gasteiger partial charge in [0.15, 0.2) is 5.96 Å². The molecule has 2 N–H and O–H groups in total. The number of nitrogens with one attached hydrogen (secondary N) is 2. The molecule has 2 fully saturated rings. The second-order valence-electron chi connectivity index (χ2n) is 9.00. The topological polar surface area (TPSA) is 46.1 Å². The quantitative estimate of drug-likeness (QED) is 0.308. The van der Waals surface area contributed by atoms with Crippen LogP contribution in [0.5, 0.6) is 0 Å². The fourth-order valence-corrected chi connectivity index (χ4v) is 4.45. The minimum atomic E-state index is 0. The standard InChI is InChI=1S/C26H38N6.HI/c1-3-27-26(29-24-13-14-32(21-24)25-7-5-4-6-8-25)28-19-22-9-11-23(12-10-22)20-31-17-15-30(2)16-18-31;/h4-12,24H,3,13-21H2,1-2H3,(H2,27,28,29);1H. The Morgan fingerprint density at radius 1 is 0.939 bits per heavy atom. The molecule has 1 unspecified atom stereocenters. The van der Waals surface area contributed by atoms with Crippen LogP contribution in [-0.4, -0.2) is 74.7 Å². The molecule has 0 amide bonds. The highest BCUT2D eigenvalue weighted by atomic mass is 127. The van der Waals surface area contributed by atoms with Crippen molar-refractivity contribution in [2.75, 3.05) is 57.8 Å². The van der Waals surface area contributed by atoms with Gasteiger partial charge in [-0.25, -0.2) is 4.99 Å². The van der Waals surface area contributed by atoms with E-state index < -0.39 is 0 Å². The Balaban J connectivity index is 0.00000306. The molecule has 6 nitrogen and oxygen atoms in total. The Hall–Kier alpha value is -1.84. The summed E-state index contributed by atoms with van der Waals surface area (Å²) in [5.41, 5.74) is 3.94. The SMILES string of the molecule is CCNC(=NCc1ccc(CN2CCN(C)CC2)cc1)NC1CCN(c2ccccc2)C1.I. The summed E-state index contributed by atoms with van der Waals surface area (Å²) in [6, 6.07) is 20.1. The van der Waals surface area contributed by atoms with Gasteiger partial charge in [-0.2, -0.15) is 0 Å². The third kappa shape index (κ3) is 7.86. The Morgan fingerprint density at radius 2 is 1.64 bits per heavy atom. The van der Waals surface area contributed by atoms with Crippen molar-refractivity contribution >= 4 is 35.6 Å². The Morgan fingerprint density at radius 3 is 2.33 bits per heavy atom. The van der Waals surface area contributed by atoms with E-state index in [1.807, 2.05) is 0 Å². The van der Waals surface area contributed by atoms with E-state index in [4.69, 9.17) is 4.99 Å². The van der Waals surface area contributed by atoms with Crippen LogP contribution in [0.3, 0.4) is 0 Å². The van der Waals surface area contributed by atoms with Crippen LogP contribution in [0.25, 0.3) is 0 Å². The number of para-hydroxylation sites is 1. The molecule has 0 radical (unpaired) electrons. The number of guanidine groups is 1. The van der Waals surface area contributed by atoms with Gasteiger partial charge in [0, 0.05) is 64.1 Å². The summed E-state index contributed by atoms with van der Waals surface area (Å²) in [6.07, 6.45) is 1.13. The molecule has 7 heteroatoms. The first-order valence-electron chi connectivity index (χ1n) is 12.0. The van der Waals surface area contributed by atoms with E-state index in [-0.39, 0.29) is 24.0 Å². The molecule has 2 aromatic rings. The normalized spacial score (nSPS) is 19.9. The van der Waals surface area contributed by atoms with Crippen LogP contribution in [0.1, 0.15) is 24.5 Å². The zero-order chi connectivity index (χ0) is 22.2. The van der Waals surface area contributed by atoms with E-state index >= 15 is 0 Å². The first-order chi connectivity index (χ1) is 15.7. The summed E-state index contributed by atoms with van der Waals surface area (Å²) in [5, 5.41) is 7.06. The number of nitrogens with zero attached hydrogens (tertiary/aromatic N) is 4. The highest BCUT2D eigenvalue weighted by Crippen LogP contribution is 2.19. The van der Waals surface area contributed by atoms with Gasteiger partial charge < -0.3 is 20.4 Å². The predicted octanol–water partition coefficient (Wildman–Crippen LogP) is 3.39. The fourth-order valence-electron chi connectivity index (χ4n) is 4.45. The number of rotatable bonds is 7. The van der Waals surface area contributed by atoms with Crippen molar-refractivity contribution in [2.24, 2.45) is 4.99 Å². The van der Waals surface area contributed by atoms with Crippen LogP contribution < -0.4 is 15.5 Å². The third-order valence-corrected chi connectivity index (χ3v) is 6.44. The number of benzene rings is 2. The van der Waals surface area contributed by atoms with Crippen LogP contribution in [0.2, 0.25) is 0 Å². The lowest BCUT2D eigenvalue weighted by Gasteiger charge is -2.32. The summed E-state index contributed by atoms with van der Waals surface area (Å²) in [6.45, 7) is 11.5. The number of aliphatic imine (C=N–C) groups is 1. The second-order valence-corrected chi connectivity index (χ2v) is 9.00. The van der Waals surface area contributed by atoms with E-state index in [0.29, 0.717) is 12.6 Å². The van der Waals surface area contributed by atoms with Gasteiger partial charge >= 0.3 is 0 Å². The van der Waals surface area contributed by atoms with Crippen molar-refractivity contribution in [3.8, 4) is 0 Å². The van der Waals surface area contributed by atoms with E-state index in [1.165, 1.54) is 16.8 Å². The Labute approximate surface area is 216 Å². The van der Waals surface area contributed by atoms with Gasteiger partial charge in [0.25, 0.3) is 0 Å². The molecule has 33 heavy (non-hydrogen) atoms. The number of halogens is 1. The number of hydrogen-bond donors (Lipinski definition) is 2. The molecule has 2 aliphatic rings. The minimum absolute atomic E-state index is 0. The summed E-state index contributed by atoms with van der Waals surface area (Å²) in [4.78, 5) is 12.2. The minimum Gasteiger partial charge on any atom is -0.369 e. The number of likely N-dealkylation sites (N-methyl/N-ethyl adjacent to an activating group) is 1. The van der Waals surface area contributed by atoms with Crippen molar-refractivity contribution in [1.29, 1.82) is 0 Å². The van der Waals surface area contributed by atoms with Crippen LogP contribution in [-0.2, 0) is 13.1 Å². The molecular weight excluding hydrogens is 523 g/mol. The molecular formula is C26H39IN6. The average Bonchev–Trinajstić information content (AvgIpc) is 3.29. The monoisotopic (exact) mass is 562 g/mol. The molecule has 0 spiro atoms. The fraction of sp³-hybridized carbons (Fsp3) is 0.500. The van der Waals surface area contributed by atoms with Gasteiger partial charge in [0.2, 0.25) is 0 Å². The number of hydrogen-bond acceptors (Lipinski definition) is 4. The average molecular weight is 563 g/mol. The molecule has 0 bridgehead atoms. The maximum Gasteiger partial charge on any atom is 0.191 e. The predicted molar refractivity (Wildman–Crippen MR) is 150 cm³/mol. The lowest BCUT2D eigenvalue weighted by molar-refractivity contribution is 0.148. The molecule has 180 valence electrons. The van der Waals surface area contributed by atoms with Crippen molar-refractivity contribution < 1.29 is 0 Å².